The van der Waals surface area contributed by atoms with Crippen LogP contribution in [0.5, 0.6) is 0 Å². The van der Waals surface area contributed by atoms with Crippen molar-refractivity contribution in [3.05, 3.63) is 20.8 Å². The molecule has 21 heavy (non-hydrogen) atoms. The van der Waals surface area contributed by atoms with Gasteiger partial charge in [0.2, 0.25) is 5.95 Å². The molecule has 1 unspecified atom stereocenters. The molecular weight excluding hydrogens is 310 g/mol. The highest BCUT2D eigenvalue weighted by Gasteiger charge is 2.33. The minimum absolute atomic E-state index is 0. The van der Waals surface area contributed by atoms with Crippen LogP contribution in [0.4, 0.5) is 5.95 Å². The number of fused-ring (bicyclic) bond motifs is 3. The second kappa shape index (κ2) is 5.59. The first-order chi connectivity index (χ1) is 9.49. The molecule has 3 heterocycles. The van der Waals surface area contributed by atoms with Gasteiger partial charge in [-0.15, -0.1) is 11.3 Å². The van der Waals surface area contributed by atoms with Crippen LogP contribution in [0, 0.1) is 0 Å². The summed E-state index contributed by atoms with van der Waals surface area (Å²) < 4.78 is 7.53. The lowest BCUT2D eigenvalue weighted by Gasteiger charge is -2.32. The fraction of sp³-hybridized carbons (Fsp3) is 0.571. The van der Waals surface area contributed by atoms with E-state index in [1.54, 1.807) is 30.0 Å². The van der Waals surface area contributed by atoms with Gasteiger partial charge in [-0.1, -0.05) is 6.92 Å². The van der Waals surface area contributed by atoms with E-state index in [0.717, 1.165) is 33.5 Å². The highest BCUT2D eigenvalue weighted by atomic mass is 35.5. The van der Waals surface area contributed by atoms with Gasteiger partial charge in [0.15, 0.2) is 0 Å². The van der Waals surface area contributed by atoms with Crippen LogP contribution < -0.4 is 23.3 Å². The first-order valence-electron chi connectivity index (χ1n) is 6.82. The van der Waals surface area contributed by atoms with E-state index in [2.05, 4.69) is 24.1 Å². The van der Waals surface area contributed by atoms with Crippen LogP contribution >= 0.6 is 11.3 Å². The lowest BCUT2D eigenvalue weighted by atomic mass is 9.90. The number of nitrogens with one attached hydrogen (secondary N) is 1. The van der Waals surface area contributed by atoms with E-state index in [-0.39, 0.29) is 23.6 Å². The Labute approximate surface area is 133 Å². The average molecular weight is 329 g/mol. The number of ether oxygens (including phenoxy) is 1. The summed E-state index contributed by atoms with van der Waals surface area (Å²) in [5.74, 6) is 0.597. The molecule has 1 aliphatic heterocycles. The molecule has 1 N–H and O–H groups in total. The van der Waals surface area contributed by atoms with Gasteiger partial charge in [-0.25, -0.2) is 4.98 Å². The van der Waals surface area contributed by atoms with Crippen molar-refractivity contribution in [3.63, 3.8) is 0 Å². The lowest BCUT2D eigenvalue weighted by molar-refractivity contribution is -0.0543. The van der Waals surface area contributed by atoms with E-state index < -0.39 is 0 Å². The van der Waals surface area contributed by atoms with Crippen molar-refractivity contribution in [2.45, 2.75) is 38.9 Å². The minimum atomic E-state index is -0.173. The third-order valence-electron chi connectivity index (χ3n) is 4.19. The maximum absolute atomic E-state index is 12.6. The zero-order valence-electron chi connectivity index (χ0n) is 12.6. The molecule has 116 valence electrons. The normalized spacial score (nSPS) is 21.0. The number of aromatic nitrogens is 2. The van der Waals surface area contributed by atoms with Gasteiger partial charge in [-0.3, -0.25) is 9.36 Å². The largest absolute Gasteiger partial charge is 1.00 e. The van der Waals surface area contributed by atoms with Crippen LogP contribution in [0.3, 0.4) is 0 Å². The molecule has 2 aromatic rings. The van der Waals surface area contributed by atoms with E-state index in [4.69, 9.17) is 4.74 Å². The molecule has 3 rings (SSSR count). The molecule has 0 aliphatic carbocycles. The third kappa shape index (κ3) is 2.45. The summed E-state index contributed by atoms with van der Waals surface area (Å²) in [7, 11) is 3.53. The molecule has 0 bridgehead atoms. The van der Waals surface area contributed by atoms with Gasteiger partial charge < -0.3 is 22.5 Å². The van der Waals surface area contributed by atoms with E-state index in [1.165, 1.54) is 0 Å². The van der Waals surface area contributed by atoms with Crippen LogP contribution in [0.25, 0.3) is 10.2 Å². The molecule has 0 saturated heterocycles. The highest BCUT2D eigenvalue weighted by Crippen LogP contribution is 2.38. The second-order valence-electron chi connectivity index (χ2n) is 5.50. The summed E-state index contributed by atoms with van der Waals surface area (Å²) >= 11 is 1.57. The molecule has 0 fully saturated rings. The van der Waals surface area contributed by atoms with E-state index in [9.17, 15) is 4.79 Å². The van der Waals surface area contributed by atoms with Gasteiger partial charge >= 0.3 is 0 Å². The Morgan fingerprint density at radius 2 is 2.24 bits per heavy atom. The fourth-order valence-electron chi connectivity index (χ4n) is 2.65. The molecule has 0 aromatic carbocycles. The Bertz CT molecular complexity index is 740. The monoisotopic (exact) mass is 328 g/mol. The SMILES string of the molecule is CCC1(C)Cc2c(sc3nc(NC)n(C)c(=O)c23)CO1.[Cl-]. The van der Waals surface area contributed by atoms with Crippen LogP contribution in [-0.4, -0.2) is 22.2 Å². The van der Waals surface area contributed by atoms with Crippen molar-refractivity contribution in [1.29, 1.82) is 0 Å². The molecule has 0 amide bonds. The molecule has 0 radical (unpaired) electrons. The maximum Gasteiger partial charge on any atom is 0.263 e. The summed E-state index contributed by atoms with van der Waals surface area (Å²) in [6.07, 6.45) is 1.72. The highest BCUT2D eigenvalue weighted by molar-refractivity contribution is 7.18. The Kier molecular flexibility index (Phi) is 4.33. The van der Waals surface area contributed by atoms with Crippen molar-refractivity contribution in [3.8, 4) is 0 Å². The predicted molar refractivity (Wildman–Crippen MR) is 81.6 cm³/mol. The Balaban J connectivity index is 0.00000161. The molecule has 0 saturated carbocycles. The van der Waals surface area contributed by atoms with Crippen molar-refractivity contribution >= 4 is 27.5 Å². The van der Waals surface area contributed by atoms with Crippen molar-refractivity contribution < 1.29 is 17.1 Å². The fourth-order valence-corrected chi connectivity index (χ4v) is 3.74. The number of anilines is 1. The second-order valence-corrected chi connectivity index (χ2v) is 6.59. The summed E-state index contributed by atoms with van der Waals surface area (Å²) in [6.45, 7) is 4.81. The molecular formula is C14H19ClN3O2S-. The average Bonchev–Trinajstić information content (AvgIpc) is 2.80. The van der Waals surface area contributed by atoms with Gasteiger partial charge in [0, 0.05) is 25.4 Å². The number of nitrogens with zero attached hydrogens (tertiary/aromatic N) is 2. The Hall–Kier alpha value is -1.11. The van der Waals surface area contributed by atoms with Gasteiger partial charge in [-0.05, 0) is 18.9 Å². The zero-order chi connectivity index (χ0) is 14.5. The van der Waals surface area contributed by atoms with Crippen molar-refractivity contribution in [1.82, 2.24) is 9.55 Å². The first kappa shape index (κ1) is 16.3. The van der Waals surface area contributed by atoms with E-state index in [0.29, 0.717) is 12.6 Å². The zero-order valence-corrected chi connectivity index (χ0v) is 14.2. The summed E-state index contributed by atoms with van der Waals surface area (Å²) in [4.78, 5) is 19.1. The number of thiophene rings is 1. The van der Waals surface area contributed by atoms with E-state index in [1.807, 2.05) is 0 Å². The van der Waals surface area contributed by atoms with Gasteiger partial charge in [0.05, 0.1) is 17.6 Å². The van der Waals surface area contributed by atoms with Crippen LogP contribution in [0.1, 0.15) is 30.7 Å². The molecule has 5 nitrogen and oxygen atoms in total. The number of halogens is 1. The number of hydrogen-bond donors (Lipinski definition) is 1. The number of hydrogen-bond acceptors (Lipinski definition) is 5. The minimum Gasteiger partial charge on any atom is -1.00 e. The smallest absolute Gasteiger partial charge is 0.263 e. The maximum atomic E-state index is 12.6. The van der Waals surface area contributed by atoms with Gasteiger partial charge in [0.25, 0.3) is 5.56 Å². The third-order valence-corrected chi connectivity index (χ3v) is 5.29. The Morgan fingerprint density at radius 1 is 1.52 bits per heavy atom. The molecule has 7 heteroatoms. The lowest BCUT2D eigenvalue weighted by Crippen LogP contribution is -3.00. The van der Waals surface area contributed by atoms with Crippen molar-refractivity contribution in [2.75, 3.05) is 12.4 Å². The summed E-state index contributed by atoms with van der Waals surface area (Å²) in [5, 5.41) is 3.74. The van der Waals surface area contributed by atoms with Gasteiger partial charge in [0.1, 0.15) is 4.83 Å². The quantitative estimate of drug-likeness (QED) is 0.791. The standard InChI is InChI=1S/C14H19N3O2S.ClH/c1-5-14(2)6-8-9(7-19-14)20-11-10(8)12(18)17(4)13(15-3)16-11;/h5-7H2,1-4H3,(H,15,16);1H/p-1. The van der Waals surface area contributed by atoms with Crippen LogP contribution in [0.15, 0.2) is 4.79 Å². The Morgan fingerprint density at radius 3 is 2.86 bits per heavy atom. The van der Waals surface area contributed by atoms with E-state index >= 15 is 0 Å². The predicted octanol–water partition coefficient (Wildman–Crippen LogP) is -0.718. The van der Waals surface area contributed by atoms with Crippen LogP contribution in [-0.2, 0) is 24.8 Å². The molecule has 1 aliphatic rings. The van der Waals surface area contributed by atoms with Crippen molar-refractivity contribution in [2.24, 2.45) is 7.05 Å². The molecule has 0 spiro atoms. The summed E-state index contributed by atoms with van der Waals surface area (Å²) in [6, 6.07) is 0. The van der Waals surface area contributed by atoms with Crippen LogP contribution in [0.2, 0.25) is 0 Å². The molecule has 2 aromatic heterocycles. The van der Waals surface area contributed by atoms with Gasteiger partial charge in [-0.2, -0.15) is 0 Å². The molecule has 1 atom stereocenters. The topological polar surface area (TPSA) is 56.2 Å². The first-order valence-corrected chi connectivity index (χ1v) is 7.63. The summed E-state index contributed by atoms with van der Waals surface area (Å²) in [5.41, 5.74) is 0.988. The number of rotatable bonds is 2.